The molecule has 0 N–H and O–H groups in total. The van der Waals surface area contributed by atoms with Gasteiger partial charge in [-0.1, -0.05) is 13.0 Å². The Hall–Kier alpha value is -1.56. The number of hydrogen-bond acceptors (Lipinski definition) is 2. The third-order valence-electron chi connectivity index (χ3n) is 3.85. The van der Waals surface area contributed by atoms with E-state index < -0.39 is 0 Å². The summed E-state index contributed by atoms with van der Waals surface area (Å²) in [5.74, 6) is 0.492. The van der Waals surface area contributed by atoms with Crippen molar-refractivity contribution in [1.82, 2.24) is 0 Å². The molecule has 2 unspecified atom stereocenters. The van der Waals surface area contributed by atoms with Crippen LogP contribution in [0.25, 0.3) is 0 Å². The zero-order valence-corrected chi connectivity index (χ0v) is 10.9. The molecular weight excluding hydrogens is 229 g/mol. The Labute approximate surface area is 107 Å². The highest BCUT2D eigenvalue weighted by Crippen LogP contribution is 2.43. The van der Waals surface area contributed by atoms with Crippen LogP contribution in [0.1, 0.15) is 31.7 Å². The molecule has 0 aliphatic heterocycles. The van der Waals surface area contributed by atoms with Crippen molar-refractivity contribution in [2.24, 2.45) is 11.3 Å². The fourth-order valence-electron chi connectivity index (χ4n) is 2.91. The largest absolute Gasteiger partial charge is 0.494 e. The van der Waals surface area contributed by atoms with Crippen LogP contribution < -0.4 is 4.74 Å². The smallest absolute Gasteiger partial charge is 0.165 e. The SMILES string of the molecule is COc1ccc(CC2(C#N)CCC(C)C2)cc1F. The summed E-state index contributed by atoms with van der Waals surface area (Å²) in [5.41, 5.74) is 0.574. The number of rotatable bonds is 3. The van der Waals surface area contributed by atoms with Gasteiger partial charge in [0.2, 0.25) is 0 Å². The van der Waals surface area contributed by atoms with Crippen molar-refractivity contribution in [3.8, 4) is 11.8 Å². The van der Waals surface area contributed by atoms with E-state index in [1.807, 2.05) is 6.07 Å². The summed E-state index contributed by atoms with van der Waals surface area (Å²) in [4.78, 5) is 0. The van der Waals surface area contributed by atoms with Gasteiger partial charge in [-0.2, -0.15) is 5.26 Å². The molecule has 0 saturated heterocycles. The molecule has 96 valence electrons. The summed E-state index contributed by atoms with van der Waals surface area (Å²) in [5, 5.41) is 9.40. The van der Waals surface area contributed by atoms with E-state index in [9.17, 15) is 9.65 Å². The predicted molar refractivity (Wildman–Crippen MR) is 67.7 cm³/mol. The van der Waals surface area contributed by atoms with Crippen molar-refractivity contribution < 1.29 is 9.13 Å². The molecule has 2 nitrogen and oxygen atoms in total. The highest BCUT2D eigenvalue weighted by molar-refractivity contribution is 5.31. The lowest BCUT2D eigenvalue weighted by atomic mass is 9.81. The first-order valence-electron chi connectivity index (χ1n) is 6.32. The third-order valence-corrected chi connectivity index (χ3v) is 3.85. The molecule has 1 aliphatic carbocycles. The molecule has 0 aromatic heterocycles. The van der Waals surface area contributed by atoms with E-state index in [2.05, 4.69) is 13.0 Å². The number of nitrogens with zero attached hydrogens (tertiary/aromatic N) is 1. The molecule has 18 heavy (non-hydrogen) atoms. The van der Waals surface area contributed by atoms with Crippen molar-refractivity contribution in [2.75, 3.05) is 7.11 Å². The van der Waals surface area contributed by atoms with Gasteiger partial charge in [-0.05, 0) is 49.3 Å². The molecule has 1 aliphatic rings. The van der Waals surface area contributed by atoms with E-state index in [0.717, 1.165) is 24.8 Å². The van der Waals surface area contributed by atoms with E-state index in [1.165, 1.54) is 13.2 Å². The van der Waals surface area contributed by atoms with Gasteiger partial charge in [0.15, 0.2) is 11.6 Å². The second-order valence-corrected chi connectivity index (χ2v) is 5.39. The maximum absolute atomic E-state index is 13.6. The van der Waals surface area contributed by atoms with E-state index in [1.54, 1.807) is 6.07 Å². The molecule has 0 spiro atoms. The Bertz CT molecular complexity index is 480. The molecule has 3 heteroatoms. The fraction of sp³-hybridized carbons (Fsp3) is 0.533. The zero-order chi connectivity index (χ0) is 13.2. The molecular formula is C15H18FNO. The minimum absolute atomic E-state index is 0.254. The lowest BCUT2D eigenvalue weighted by Gasteiger charge is -2.20. The second-order valence-electron chi connectivity index (χ2n) is 5.39. The van der Waals surface area contributed by atoms with E-state index in [-0.39, 0.29) is 17.0 Å². The summed E-state index contributed by atoms with van der Waals surface area (Å²) in [6, 6.07) is 7.42. The molecule has 2 rings (SSSR count). The van der Waals surface area contributed by atoms with Crippen LogP contribution in [0.2, 0.25) is 0 Å². The van der Waals surface area contributed by atoms with E-state index in [4.69, 9.17) is 4.74 Å². The van der Waals surface area contributed by atoms with Gasteiger partial charge in [-0.3, -0.25) is 0 Å². The van der Waals surface area contributed by atoms with Crippen LogP contribution in [0, 0.1) is 28.5 Å². The Morgan fingerprint density at radius 3 is 2.83 bits per heavy atom. The number of nitriles is 1. The van der Waals surface area contributed by atoms with Crippen LogP contribution >= 0.6 is 0 Å². The number of methoxy groups -OCH3 is 1. The highest BCUT2D eigenvalue weighted by atomic mass is 19.1. The zero-order valence-electron chi connectivity index (χ0n) is 10.9. The molecule has 0 amide bonds. The van der Waals surface area contributed by atoms with Crippen LogP contribution in [0.15, 0.2) is 18.2 Å². The normalized spacial score (nSPS) is 26.9. The maximum atomic E-state index is 13.6. The van der Waals surface area contributed by atoms with Crippen LogP contribution in [0.4, 0.5) is 4.39 Å². The summed E-state index contributed by atoms with van der Waals surface area (Å²) >= 11 is 0. The van der Waals surface area contributed by atoms with Crippen molar-refractivity contribution in [2.45, 2.75) is 32.6 Å². The summed E-state index contributed by atoms with van der Waals surface area (Å²) in [7, 11) is 1.45. The lowest BCUT2D eigenvalue weighted by molar-refractivity contribution is 0.379. The third kappa shape index (κ3) is 2.48. The standard InChI is InChI=1S/C15H18FNO/c1-11-5-6-15(8-11,10-17)9-12-3-4-14(18-2)13(16)7-12/h3-4,7,11H,5-6,8-9H2,1-2H3. The predicted octanol–water partition coefficient (Wildman–Crippen LogP) is 3.71. The molecule has 1 aromatic rings. The average Bonchev–Trinajstić information content (AvgIpc) is 2.72. The number of hydrogen-bond donors (Lipinski definition) is 0. The maximum Gasteiger partial charge on any atom is 0.165 e. The van der Waals surface area contributed by atoms with Crippen molar-refractivity contribution >= 4 is 0 Å². The van der Waals surface area contributed by atoms with Gasteiger partial charge in [0.1, 0.15) is 0 Å². The van der Waals surface area contributed by atoms with Crippen LogP contribution in [0.3, 0.4) is 0 Å². The summed E-state index contributed by atoms with van der Waals surface area (Å²) < 4.78 is 18.5. The van der Waals surface area contributed by atoms with Gasteiger partial charge in [0.05, 0.1) is 18.6 Å². The monoisotopic (exact) mass is 247 g/mol. The average molecular weight is 247 g/mol. The van der Waals surface area contributed by atoms with E-state index >= 15 is 0 Å². The topological polar surface area (TPSA) is 33.0 Å². The van der Waals surface area contributed by atoms with Gasteiger partial charge < -0.3 is 4.74 Å². The minimum atomic E-state index is -0.353. The molecule has 2 atom stereocenters. The molecule has 1 fully saturated rings. The first kappa shape index (κ1) is 12.9. The first-order chi connectivity index (χ1) is 8.58. The lowest BCUT2D eigenvalue weighted by Crippen LogP contribution is -2.17. The van der Waals surface area contributed by atoms with Crippen molar-refractivity contribution in [3.63, 3.8) is 0 Å². The molecule has 1 aromatic carbocycles. The first-order valence-corrected chi connectivity index (χ1v) is 6.32. The Morgan fingerprint density at radius 2 is 2.33 bits per heavy atom. The molecule has 0 radical (unpaired) electrons. The molecule has 1 saturated carbocycles. The van der Waals surface area contributed by atoms with Gasteiger partial charge in [-0.15, -0.1) is 0 Å². The quantitative estimate of drug-likeness (QED) is 0.815. The van der Waals surface area contributed by atoms with Gasteiger partial charge in [0.25, 0.3) is 0 Å². The molecule has 0 heterocycles. The number of benzene rings is 1. The van der Waals surface area contributed by atoms with Crippen LogP contribution in [0.5, 0.6) is 5.75 Å². The minimum Gasteiger partial charge on any atom is -0.494 e. The Balaban J connectivity index is 2.18. The number of ether oxygens (including phenoxy) is 1. The van der Waals surface area contributed by atoms with Gasteiger partial charge in [0, 0.05) is 0 Å². The summed E-state index contributed by atoms with van der Waals surface area (Å²) in [6.45, 7) is 2.17. The number of halogens is 1. The fourth-order valence-corrected chi connectivity index (χ4v) is 2.91. The van der Waals surface area contributed by atoms with E-state index in [0.29, 0.717) is 12.3 Å². The Morgan fingerprint density at radius 1 is 1.56 bits per heavy atom. The van der Waals surface area contributed by atoms with Gasteiger partial charge >= 0.3 is 0 Å². The van der Waals surface area contributed by atoms with Crippen molar-refractivity contribution in [1.29, 1.82) is 5.26 Å². The summed E-state index contributed by atoms with van der Waals surface area (Å²) in [6.07, 6.45) is 3.55. The highest BCUT2D eigenvalue weighted by Gasteiger charge is 2.37. The Kier molecular flexibility index (Phi) is 3.56. The molecule has 0 bridgehead atoms. The van der Waals surface area contributed by atoms with Gasteiger partial charge in [-0.25, -0.2) is 4.39 Å². The second kappa shape index (κ2) is 4.97. The van der Waals surface area contributed by atoms with Crippen molar-refractivity contribution in [3.05, 3.63) is 29.6 Å². The van der Waals surface area contributed by atoms with Crippen LogP contribution in [-0.2, 0) is 6.42 Å². The van der Waals surface area contributed by atoms with Crippen LogP contribution in [-0.4, -0.2) is 7.11 Å².